The molecule has 0 saturated carbocycles. The minimum Gasteiger partial charge on any atom is -0.506 e. The predicted octanol–water partition coefficient (Wildman–Crippen LogP) is 2.55. The van der Waals surface area contributed by atoms with Gasteiger partial charge in [0.2, 0.25) is 0 Å². The van der Waals surface area contributed by atoms with Gasteiger partial charge in [0.05, 0.1) is 5.02 Å². The fraction of sp³-hybridized carbons (Fsp3) is 0.455. The monoisotopic (exact) mass is 213 g/mol. The molecule has 0 saturated heterocycles. The lowest BCUT2D eigenvalue weighted by molar-refractivity contribution is 0.469. The molecule has 0 atom stereocenters. The van der Waals surface area contributed by atoms with Gasteiger partial charge in [0.15, 0.2) is 0 Å². The van der Waals surface area contributed by atoms with Gasteiger partial charge in [0, 0.05) is 0 Å². The summed E-state index contributed by atoms with van der Waals surface area (Å²) in [4.78, 5) is 0. The van der Waals surface area contributed by atoms with Crippen molar-refractivity contribution < 1.29 is 5.11 Å². The van der Waals surface area contributed by atoms with Gasteiger partial charge in [-0.1, -0.05) is 17.7 Å². The molecule has 0 aromatic heterocycles. The lowest BCUT2D eigenvalue weighted by Crippen LogP contribution is -2.02. The Kier molecular flexibility index (Phi) is 3.78. The molecule has 0 aliphatic carbocycles. The van der Waals surface area contributed by atoms with E-state index in [0.29, 0.717) is 11.6 Å². The molecule has 14 heavy (non-hydrogen) atoms. The van der Waals surface area contributed by atoms with E-state index in [0.717, 1.165) is 29.5 Å². The second kappa shape index (κ2) is 4.67. The van der Waals surface area contributed by atoms with Crippen molar-refractivity contribution >= 4 is 11.6 Å². The third-order valence-electron chi connectivity index (χ3n) is 2.43. The Morgan fingerprint density at radius 1 is 1.43 bits per heavy atom. The zero-order chi connectivity index (χ0) is 10.7. The Hall–Kier alpha value is -0.730. The first-order valence-corrected chi connectivity index (χ1v) is 5.13. The number of aromatic hydroxyl groups is 1. The molecule has 0 amide bonds. The van der Waals surface area contributed by atoms with E-state index in [1.54, 1.807) is 0 Å². The van der Waals surface area contributed by atoms with Crippen LogP contribution in [0, 0.1) is 13.8 Å². The number of halogens is 1. The predicted molar refractivity (Wildman–Crippen MR) is 60.0 cm³/mol. The number of phenolic OH excluding ortho intramolecular Hbond substituents is 1. The van der Waals surface area contributed by atoms with E-state index in [-0.39, 0.29) is 5.75 Å². The number of benzene rings is 1. The SMILES string of the molecule is Cc1cc(CCCN)c(C)c(O)c1Cl. The van der Waals surface area contributed by atoms with Gasteiger partial charge in [-0.25, -0.2) is 0 Å². The third-order valence-corrected chi connectivity index (χ3v) is 2.91. The van der Waals surface area contributed by atoms with Crippen molar-refractivity contribution in [1.82, 2.24) is 0 Å². The molecule has 78 valence electrons. The van der Waals surface area contributed by atoms with Crippen LogP contribution in [0.15, 0.2) is 6.07 Å². The molecule has 0 fully saturated rings. The summed E-state index contributed by atoms with van der Waals surface area (Å²) in [6.07, 6.45) is 1.83. The van der Waals surface area contributed by atoms with Gasteiger partial charge in [-0.15, -0.1) is 0 Å². The first-order valence-electron chi connectivity index (χ1n) is 4.75. The van der Waals surface area contributed by atoms with Crippen molar-refractivity contribution in [3.63, 3.8) is 0 Å². The standard InChI is InChI=1S/C11H16ClNO/c1-7-6-9(4-3-5-13)8(2)11(14)10(7)12/h6,14H,3-5,13H2,1-2H3. The maximum absolute atomic E-state index is 9.70. The molecule has 0 bridgehead atoms. The molecular formula is C11H16ClNO. The molecule has 3 N–H and O–H groups in total. The van der Waals surface area contributed by atoms with Gasteiger partial charge < -0.3 is 10.8 Å². The van der Waals surface area contributed by atoms with Gasteiger partial charge in [-0.3, -0.25) is 0 Å². The largest absolute Gasteiger partial charge is 0.506 e. The molecular weight excluding hydrogens is 198 g/mol. The van der Waals surface area contributed by atoms with Crippen molar-refractivity contribution in [1.29, 1.82) is 0 Å². The Morgan fingerprint density at radius 2 is 2.07 bits per heavy atom. The van der Waals surface area contributed by atoms with Crippen molar-refractivity contribution in [2.24, 2.45) is 5.73 Å². The number of rotatable bonds is 3. The van der Waals surface area contributed by atoms with E-state index in [2.05, 4.69) is 0 Å². The average molecular weight is 214 g/mol. The first kappa shape index (κ1) is 11.3. The van der Waals surface area contributed by atoms with Crippen LogP contribution >= 0.6 is 11.6 Å². The van der Waals surface area contributed by atoms with Crippen molar-refractivity contribution in [3.8, 4) is 5.75 Å². The molecule has 0 aliphatic heterocycles. The highest BCUT2D eigenvalue weighted by Crippen LogP contribution is 2.33. The number of aryl methyl sites for hydroxylation is 2. The molecule has 1 aromatic carbocycles. The summed E-state index contributed by atoms with van der Waals surface area (Å²) >= 11 is 5.91. The molecule has 1 aromatic rings. The van der Waals surface area contributed by atoms with Crippen LogP contribution in [0.5, 0.6) is 5.75 Å². The second-order valence-corrected chi connectivity index (χ2v) is 3.91. The topological polar surface area (TPSA) is 46.2 Å². The van der Waals surface area contributed by atoms with Crippen LogP contribution < -0.4 is 5.73 Å². The highest BCUT2D eigenvalue weighted by Gasteiger charge is 2.10. The van der Waals surface area contributed by atoms with Crippen molar-refractivity contribution in [2.75, 3.05) is 6.54 Å². The van der Waals surface area contributed by atoms with E-state index in [1.165, 1.54) is 0 Å². The summed E-state index contributed by atoms with van der Waals surface area (Å²) in [5.41, 5.74) is 8.37. The fourth-order valence-electron chi connectivity index (χ4n) is 1.49. The van der Waals surface area contributed by atoms with E-state index in [4.69, 9.17) is 17.3 Å². The van der Waals surface area contributed by atoms with Crippen molar-refractivity contribution in [3.05, 3.63) is 27.8 Å². The van der Waals surface area contributed by atoms with Crippen LogP contribution in [0.1, 0.15) is 23.1 Å². The Bertz CT molecular complexity index is 337. The maximum atomic E-state index is 9.70. The minimum atomic E-state index is 0.207. The second-order valence-electron chi connectivity index (χ2n) is 3.53. The Balaban J connectivity index is 3.06. The summed E-state index contributed by atoms with van der Waals surface area (Å²) in [5.74, 6) is 0.207. The summed E-state index contributed by atoms with van der Waals surface area (Å²) in [5, 5.41) is 10.2. The quantitative estimate of drug-likeness (QED) is 0.811. The van der Waals surface area contributed by atoms with Gasteiger partial charge in [0.25, 0.3) is 0 Å². The van der Waals surface area contributed by atoms with E-state index < -0.39 is 0 Å². The number of phenols is 1. The molecule has 1 rings (SSSR count). The normalized spacial score (nSPS) is 10.6. The maximum Gasteiger partial charge on any atom is 0.137 e. The minimum absolute atomic E-state index is 0.207. The zero-order valence-electron chi connectivity index (χ0n) is 8.60. The zero-order valence-corrected chi connectivity index (χ0v) is 9.36. The molecule has 0 spiro atoms. The van der Waals surface area contributed by atoms with Crippen molar-refractivity contribution in [2.45, 2.75) is 26.7 Å². The van der Waals surface area contributed by atoms with Crippen LogP contribution in [0.3, 0.4) is 0 Å². The Labute approximate surface area is 89.7 Å². The van der Waals surface area contributed by atoms with Gasteiger partial charge in [-0.2, -0.15) is 0 Å². The van der Waals surface area contributed by atoms with Crippen LogP contribution in [0.25, 0.3) is 0 Å². The van der Waals surface area contributed by atoms with Crippen LogP contribution in [-0.2, 0) is 6.42 Å². The molecule has 2 nitrogen and oxygen atoms in total. The molecule has 0 unspecified atom stereocenters. The smallest absolute Gasteiger partial charge is 0.137 e. The summed E-state index contributed by atoms with van der Waals surface area (Å²) in [6.45, 7) is 4.45. The lowest BCUT2D eigenvalue weighted by Gasteiger charge is -2.11. The van der Waals surface area contributed by atoms with Gasteiger partial charge in [0.1, 0.15) is 5.75 Å². The molecule has 3 heteroatoms. The van der Waals surface area contributed by atoms with E-state index in [9.17, 15) is 5.11 Å². The van der Waals surface area contributed by atoms with Crippen LogP contribution in [0.2, 0.25) is 5.02 Å². The average Bonchev–Trinajstić information content (AvgIpc) is 2.18. The highest BCUT2D eigenvalue weighted by atomic mass is 35.5. The van der Waals surface area contributed by atoms with Crippen LogP contribution in [0.4, 0.5) is 0 Å². The molecule has 0 aliphatic rings. The van der Waals surface area contributed by atoms with Gasteiger partial charge >= 0.3 is 0 Å². The number of nitrogens with two attached hydrogens (primary N) is 1. The number of hydrogen-bond donors (Lipinski definition) is 2. The summed E-state index contributed by atoms with van der Waals surface area (Å²) in [6, 6.07) is 2.02. The molecule has 0 radical (unpaired) electrons. The summed E-state index contributed by atoms with van der Waals surface area (Å²) in [7, 11) is 0. The van der Waals surface area contributed by atoms with Gasteiger partial charge in [-0.05, 0) is 49.9 Å². The van der Waals surface area contributed by atoms with E-state index >= 15 is 0 Å². The summed E-state index contributed by atoms with van der Waals surface area (Å²) < 4.78 is 0. The van der Waals surface area contributed by atoms with E-state index in [1.807, 2.05) is 19.9 Å². The Morgan fingerprint density at radius 3 is 2.64 bits per heavy atom. The third kappa shape index (κ3) is 2.20. The first-order chi connectivity index (χ1) is 6.57. The molecule has 0 heterocycles. The van der Waals surface area contributed by atoms with Crippen LogP contribution in [-0.4, -0.2) is 11.7 Å². The number of hydrogen-bond acceptors (Lipinski definition) is 2. The highest BCUT2D eigenvalue weighted by molar-refractivity contribution is 6.32. The fourth-order valence-corrected chi connectivity index (χ4v) is 1.68. The lowest BCUT2D eigenvalue weighted by atomic mass is 10.0.